The Kier molecular flexibility index (Phi) is 6.60. The summed E-state index contributed by atoms with van der Waals surface area (Å²) >= 11 is 0. The summed E-state index contributed by atoms with van der Waals surface area (Å²) in [6.07, 6.45) is 1.31. The van der Waals surface area contributed by atoms with E-state index >= 15 is 0 Å². The molecule has 1 aliphatic rings. The fourth-order valence-corrected chi connectivity index (χ4v) is 2.01. The van der Waals surface area contributed by atoms with Gasteiger partial charge in [0.1, 0.15) is 0 Å². The van der Waals surface area contributed by atoms with Crippen molar-refractivity contribution >= 4 is 5.91 Å². The monoisotopic (exact) mass is 258 g/mol. The van der Waals surface area contributed by atoms with Gasteiger partial charge in [0.2, 0.25) is 5.91 Å². The molecule has 1 saturated heterocycles. The minimum absolute atomic E-state index is 0.114. The van der Waals surface area contributed by atoms with Gasteiger partial charge in [-0.2, -0.15) is 0 Å². The van der Waals surface area contributed by atoms with Crippen LogP contribution in [0.4, 0.5) is 0 Å². The van der Waals surface area contributed by atoms with E-state index in [0.717, 1.165) is 19.6 Å². The first-order valence-corrected chi connectivity index (χ1v) is 6.69. The van der Waals surface area contributed by atoms with Gasteiger partial charge in [0.15, 0.2) is 0 Å². The molecule has 5 nitrogen and oxygen atoms in total. The third-order valence-corrected chi connectivity index (χ3v) is 3.16. The standard InChI is InChI=1S/C13H26N2O3/c1-10(2)9-18-11-4-5-15(8-11)13(16)6-12(7-14)17-3/h10-12H,4-9,14H2,1-3H3. The Morgan fingerprint density at radius 2 is 2.22 bits per heavy atom. The van der Waals surface area contributed by atoms with Crippen LogP contribution in [-0.2, 0) is 14.3 Å². The highest BCUT2D eigenvalue weighted by atomic mass is 16.5. The van der Waals surface area contributed by atoms with Gasteiger partial charge in [0.25, 0.3) is 0 Å². The van der Waals surface area contributed by atoms with Crippen LogP contribution in [0.3, 0.4) is 0 Å². The van der Waals surface area contributed by atoms with Crippen LogP contribution in [0.2, 0.25) is 0 Å². The Balaban J connectivity index is 2.30. The average molecular weight is 258 g/mol. The fourth-order valence-electron chi connectivity index (χ4n) is 2.01. The number of likely N-dealkylation sites (tertiary alicyclic amines) is 1. The molecule has 5 heteroatoms. The smallest absolute Gasteiger partial charge is 0.225 e. The lowest BCUT2D eigenvalue weighted by molar-refractivity contribution is -0.133. The second-order valence-corrected chi connectivity index (χ2v) is 5.28. The molecule has 0 bridgehead atoms. The van der Waals surface area contributed by atoms with Crippen molar-refractivity contribution in [1.82, 2.24) is 4.90 Å². The predicted octanol–water partition coefficient (Wildman–Crippen LogP) is 0.624. The molecule has 1 fully saturated rings. The van der Waals surface area contributed by atoms with E-state index in [1.807, 2.05) is 4.90 Å². The molecule has 0 radical (unpaired) electrons. The molecule has 1 aliphatic heterocycles. The molecular formula is C13H26N2O3. The molecule has 0 saturated carbocycles. The third kappa shape index (κ3) is 4.92. The topological polar surface area (TPSA) is 64.8 Å². The summed E-state index contributed by atoms with van der Waals surface area (Å²) in [5.41, 5.74) is 5.52. The molecule has 1 heterocycles. The van der Waals surface area contributed by atoms with E-state index in [-0.39, 0.29) is 18.1 Å². The Morgan fingerprint density at radius 1 is 1.50 bits per heavy atom. The molecule has 106 valence electrons. The van der Waals surface area contributed by atoms with E-state index in [4.69, 9.17) is 15.2 Å². The van der Waals surface area contributed by atoms with E-state index in [0.29, 0.717) is 25.4 Å². The molecule has 1 amide bonds. The van der Waals surface area contributed by atoms with Crippen LogP contribution in [0.1, 0.15) is 26.7 Å². The van der Waals surface area contributed by atoms with Gasteiger partial charge >= 0.3 is 0 Å². The summed E-state index contributed by atoms with van der Waals surface area (Å²) in [4.78, 5) is 13.8. The van der Waals surface area contributed by atoms with Crippen LogP contribution >= 0.6 is 0 Å². The molecule has 2 atom stereocenters. The molecular weight excluding hydrogens is 232 g/mol. The molecule has 18 heavy (non-hydrogen) atoms. The number of carbonyl (C=O) groups excluding carboxylic acids is 1. The molecule has 2 unspecified atom stereocenters. The van der Waals surface area contributed by atoms with Crippen LogP contribution in [-0.4, -0.2) is 56.4 Å². The van der Waals surface area contributed by atoms with Crippen molar-refractivity contribution in [2.45, 2.75) is 38.9 Å². The summed E-state index contributed by atoms with van der Waals surface area (Å²) in [7, 11) is 1.59. The van der Waals surface area contributed by atoms with Crippen molar-refractivity contribution in [3.63, 3.8) is 0 Å². The lowest BCUT2D eigenvalue weighted by Gasteiger charge is -2.20. The molecule has 1 rings (SSSR count). The zero-order chi connectivity index (χ0) is 13.5. The van der Waals surface area contributed by atoms with E-state index in [9.17, 15) is 4.79 Å². The average Bonchev–Trinajstić information content (AvgIpc) is 2.82. The van der Waals surface area contributed by atoms with Gasteiger partial charge in [-0.05, 0) is 12.3 Å². The summed E-state index contributed by atoms with van der Waals surface area (Å²) in [5, 5.41) is 0. The van der Waals surface area contributed by atoms with Crippen LogP contribution in [0, 0.1) is 5.92 Å². The Hall–Kier alpha value is -0.650. The van der Waals surface area contributed by atoms with Crippen LogP contribution in [0.5, 0.6) is 0 Å². The summed E-state index contributed by atoms with van der Waals surface area (Å²) in [5.74, 6) is 0.646. The van der Waals surface area contributed by atoms with E-state index < -0.39 is 0 Å². The number of hydrogen-bond donors (Lipinski definition) is 1. The second kappa shape index (κ2) is 7.71. The number of hydrogen-bond acceptors (Lipinski definition) is 4. The van der Waals surface area contributed by atoms with Crippen molar-refractivity contribution < 1.29 is 14.3 Å². The number of nitrogens with two attached hydrogens (primary N) is 1. The van der Waals surface area contributed by atoms with E-state index in [2.05, 4.69) is 13.8 Å². The van der Waals surface area contributed by atoms with Crippen molar-refractivity contribution in [3.05, 3.63) is 0 Å². The number of ether oxygens (including phenoxy) is 2. The van der Waals surface area contributed by atoms with Crippen LogP contribution in [0.25, 0.3) is 0 Å². The fraction of sp³-hybridized carbons (Fsp3) is 0.923. The van der Waals surface area contributed by atoms with E-state index in [1.54, 1.807) is 7.11 Å². The number of methoxy groups -OCH3 is 1. The normalized spacial score (nSPS) is 21.6. The zero-order valence-electron chi connectivity index (χ0n) is 11.7. The Labute approximate surface area is 110 Å². The lowest BCUT2D eigenvalue weighted by Crippen LogP contribution is -2.35. The number of nitrogens with zero attached hydrogens (tertiary/aromatic N) is 1. The largest absolute Gasteiger partial charge is 0.380 e. The first-order chi connectivity index (χ1) is 8.56. The second-order valence-electron chi connectivity index (χ2n) is 5.28. The highest BCUT2D eigenvalue weighted by Crippen LogP contribution is 2.15. The van der Waals surface area contributed by atoms with Gasteiger partial charge < -0.3 is 20.1 Å². The number of amides is 1. The van der Waals surface area contributed by atoms with Crippen molar-refractivity contribution in [1.29, 1.82) is 0 Å². The van der Waals surface area contributed by atoms with Gasteiger partial charge in [-0.3, -0.25) is 4.79 Å². The Morgan fingerprint density at radius 3 is 2.78 bits per heavy atom. The molecule has 0 aliphatic carbocycles. The van der Waals surface area contributed by atoms with Crippen molar-refractivity contribution in [2.24, 2.45) is 11.7 Å². The summed E-state index contributed by atoms with van der Waals surface area (Å²) < 4.78 is 10.9. The molecule has 0 aromatic heterocycles. The molecule has 2 N–H and O–H groups in total. The number of rotatable bonds is 7. The molecule has 0 spiro atoms. The van der Waals surface area contributed by atoms with Gasteiger partial charge in [0.05, 0.1) is 18.6 Å². The molecule has 0 aromatic rings. The lowest BCUT2D eigenvalue weighted by atomic mass is 10.2. The van der Waals surface area contributed by atoms with Gasteiger partial charge in [-0.15, -0.1) is 0 Å². The van der Waals surface area contributed by atoms with Crippen LogP contribution in [0.15, 0.2) is 0 Å². The minimum Gasteiger partial charge on any atom is -0.380 e. The van der Waals surface area contributed by atoms with Gasteiger partial charge in [-0.25, -0.2) is 0 Å². The number of carbonyl (C=O) groups is 1. The zero-order valence-corrected chi connectivity index (χ0v) is 11.7. The Bertz CT molecular complexity index is 255. The van der Waals surface area contributed by atoms with Crippen LogP contribution < -0.4 is 5.73 Å². The summed E-state index contributed by atoms with van der Waals surface area (Å²) in [6.45, 7) is 6.87. The highest BCUT2D eigenvalue weighted by molar-refractivity contribution is 5.77. The molecule has 0 aromatic carbocycles. The maximum Gasteiger partial charge on any atom is 0.225 e. The first kappa shape index (κ1) is 15.4. The van der Waals surface area contributed by atoms with Gasteiger partial charge in [-0.1, -0.05) is 13.8 Å². The highest BCUT2D eigenvalue weighted by Gasteiger charge is 2.27. The van der Waals surface area contributed by atoms with Crippen molar-refractivity contribution in [2.75, 3.05) is 33.4 Å². The predicted molar refractivity (Wildman–Crippen MR) is 70.2 cm³/mol. The van der Waals surface area contributed by atoms with Crippen molar-refractivity contribution in [3.8, 4) is 0 Å². The van der Waals surface area contributed by atoms with E-state index in [1.165, 1.54) is 0 Å². The maximum absolute atomic E-state index is 12.0. The minimum atomic E-state index is -0.173. The first-order valence-electron chi connectivity index (χ1n) is 6.69. The SMILES string of the molecule is COC(CN)CC(=O)N1CCC(OCC(C)C)C1. The third-order valence-electron chi connectivity index (χ3n) is 3.16. The summed E-state index contributed by atoms with van der Waals surface area (Å²) in [6, 6.07) is 0. The maximum atomic E-state index is 12.0. The quantitative estimate of drug-likeness (QED) is 0.727. The van der Waals surface area contributed by atoms with Gasteiger partial charge in [0, 0.05) is 33.4 Å².